The average Bonchev–Trinajstić information content (AvgIpc) is 3.03. The highest BCUT2D eigenvalue weighted by Crippen LogP contribution is 2.39. The molecule has 0 atom stereocenters. The Labute approximate surface area is 178 Å². The van der Waals surface area contributed by atoms with Gasteiger partial charge in [0.25, 0.3) is 5.91 Å². The molecule has 31 heavy (non-hydrogen) atoms. The molecule has 2 aromatic carbocycles. The van der Waals surface area contributed by atoms with Crippen molar-refractivity contribution < 1.29 is 26.4 Å². The second kappa shape index (κ2) is 8.22. The van der Waals surface area contributed by atoms with Gasteiger partial charge in [-0.05, 0) is 49.7 Å². The summed E-state index contributed by atoms with van der Waals surface area (Å²) < 4.78 is 65.2. The minimum absolute atomic E-state index is 0.0345. The van der Waals surface area contributed by atoms with Crippen LogP contribution in [-0.4, -0.2) is 25.1 Å². The van der Waals surface area contributed by atoms with Crippen LogP contribution in [0.25, 0.3) is 11.3 Å². The van der Waals surface area contributed by atoms with Crippen molar-refractivity contribution in [2.45, 2.75) is 24.5 Å². The maximum Gasteiger partial charge on any atom is 0.417 e. The molecule has 163 valence electrons. The summed E-state index contributed by atoms with van der Waals surface area (Å²) in [4.78, 5) is 12.9. The summed E-state index contributed by atoms with van der Waals surface area (Å²) in [7, 11) is -3.37. The van der Waals surface area contributed by atoms with Gasteiger partial charge in [0.15, 0.2) is 9.84 Å². The van der Waals surface area contributed by atoms with Gasteiger partial charge in [0.1, 0.15) is 0 Å². The quantitative estimate of drug-likeness (QED) is 0.598. The zero-order valence-corrected chi connectivity index (χ0v) is 17.6. The molecule has 9 heteroatoms. The number of halogens is 3. The number of anilines is 1. The van der Waals surface area contributed by atoms with Gasteiger partial charge in [-0.15, -0.1) is 0 Å². The molecule has 0 aliphatic heterocycles. The highest BCUT2D eigenvalue weighted by atomic mass is 32.2. The number of carbonyl (C=O) groups is 1. The molecule has 1 radical (unpaired) electrons. The summed E-state index contributed by atoms with van der Waals surface area (Å²) in [5.74, 6) is -0.525. The summed E-state index contributed by atoms with van der Waals surface area (Å²) >= 11 is 0. The third-order valence-electron chi connectivity index (χ3n) is 4.84. The van der Waals surface area contributed by atoms with Gasteiger partial charge in [-0.2, -0.15) is 13.2 Å². The third-order valence-corrected chi connectivity index (χ3v) is 5.97. The molecule has 1 amide bonds. The molecule has 3 rings (SSSR count). The molecular formula is C22H20F3N2O3S. The number of rotatable bonds is 5. The summed E-state index contributed by atoms with van der Waals surface area (Å²) in [6.45, 7) is 5.46. The molecular weight excluding hydrogens is 429 g/mol. The molecule has 0 bridgehead atoms. The van der Waals surface area contributed by atoms with Crippen LogP contribution in [0.1, 0.15) is 21.5 Å². The maximum absolute atomic E-state index is 13.5. The Morgan fingerprint density at radius 2 is 1.71 bits per heavy atom. The van der Waals surface area contributed by atoms with Crippen molar-refractivity contribution in [3.05, 3.63) is 78.3 Å². The number of nitrogens with one attached hydrogen (secondary N) is 1. The fraction of sp³-hybridized carbons (Fsp3) is 0.182. The van der Waals surface area contributed by atoms with Gasteiger partial charge in [-0.1, -0.05) is 18.2 Å². The molecule has 5 nitrogen and oxygen atoms in total. The monoisotopic (exact) mass is 449 g/mol. The van der Waals surface area contributed by atoms with Crippen LogP contribution >= 0.6 is 0 Å². The summed E-state index contributed by atoms with van der Waals surface area (Å²) in [6.07, 6.45) is -2.01. The van der Waals surface area contributed by atoms with Crippen LogP contribution in [0.3, 0.4) is 0 Å². The Kier molecular flexibility index (Phi) is 6.00. The minimum atomic E-state index is -4.55. The Bertz CT molecular complexity index is 1230. The number of aromatic nitrogens is 1. The predicted octanol–water partition coefficient (Wildman–Crippen LogP) is 4.97. The first-order chi connectivity index (χ1) is 14.4. The van der Waals surface area contributed by atoms with Crippen LogP contribution in [0.4, 0.5) is 18.9 Å². The van der Waals surface area contributed by atoms with Crippen molar-refractivity contribution in [1.29, 1.82) is 0 Å². The molecule has 1 N–H and O–H groups in total. The fourth-order valence-electron chi connectivity index (χ4n) is 3.34. The van der Waals surface area contributed by atoms with E-state index in [0.717, 1.165) is 12.3 Å². The van der Waals surface area contributed by atoms with Crippen LogP contribution in [0, 0.1) is 13.8 Å². The van der Waals surface area contributed by atoms with Crippen LogP contribution in [-0.2, 0) is 22.6 Å². The second-order valence-corrected chi connectivity index (χ2v) is 9.02. The van der Waals surface area contributed by atoms with E-state index in [1.807, 2.05) is 0 Å². The number of hydrogen-bond acceptors (Lipinski definition) is 3. The molecule has 0 saturated heterocycles. The van der Waals surface area contributed by atoms with Gasteiger partial charge < -0.3 is 9.88 Å². The number of nitrogens with zero attached hydrogens (tertiary/aromatic N) is 1. The van der Waals surface area contributed by atoms with E-state index in [4.69, 9.17) is 0 Å². The highest BCUT2D eigenvalue weighted by Gasteiger charge is 2.35. The molecule has 0 saturated carbocycles. The van der Waals surface area contributed by atoms with Gasteiger partial charge in [0.2, 0.25) is 0 Å². The summed E-state index contributed by atoms with van der Waals surface area (Å²) in [6, 6.07) is 10.8. The smallest absolute Gasteiger partial charge is 0.346 e. The van der Waals surface area contributed by atoms with Crippen LogP contribution in [0.2, 0.25) is 0 Å². The molecule has 0 fully saturated rings. The summed E-state index contributed by atoms with van der Waals surface area (Å²) in [5.41, 5.74) is 0.368. The first kappa shape index (κ1) is 22.6. The van der Waals surface area contributed by atoms with Crippen molar-refractivity contribution in [2.75, 3.05) is 11.6 Å². The largest absolute Gasteiger partial charge is 0.417 e. The zero-order valence-electron chi connectivity index (χ0n) is 16.8. The Morgan fingerprint density at radius 1 is 1.10 bits per heavy atom. The second-order valence-electron chi connectivity index (χ2n) is 7.00. The third kappa shape index (κ3) is 4.66. The first-order valence-corrected chi connectivity index (χ1v) is 11.1. The lowest BCUT2D eigenvalue weighted by Crippen LogP contribution is -2.12. The number of benzene rings is 2. The first-order valence-electron chi connectivity index (χ1n) is 9.20. The van der Waals surface area contributed by atoms with Crippen molar-refractivity contribution in [1.82, 2.24) is 4.57 Å². The van der Waals surface area contributed by atoms with E-state index >= 15 is 0 Å². The van der Waals surface area contributed by atoms with E-state index in [0.29, 0.717) is 11.3 Å². The van der Waals surface area contributed by atoms with Crippen molar-refractivity contribution in [2.24, 2.45) is 0 Å². The van der Waals surface area contributed by atoms with E-state index in [1.165, 1.54) is 53.2 Å². The van der Waals surface area contributed by atoms with E-state index < -0.39 is 27.5 Å². The van der Waals surface area contributed by atoms with Gasteiger partial charge in [0, 0.05) is 30.2 Å². The normalized spacial score (nSPS) is 12.1. The van der Waals surface area contributed by atoms with E-state index in [9.17, 15) is 26.4 Å². The number of alkyl halides is 3. The average molecular weight is 449 g/mol. The SMILES string of the molecule is [CH2]Cn1cc(C(=O)Nc2ccc(S(C)(=O)=O)cc2)c(C)c1-c1ccccc1C(F)(F)F. The Hall–Kier alpha value is -3.07. The number of sulfone groups is 1. The van der Waals surface area contributed by atoms with Gasteiger partial charge >= 0.3 is 6.18 Å². The zero-order chi connectivity index (χ0) is 23.0. The van der Waals surface area contributed by atoms with E-state index in [1.54, 1.807) is 6.92 Å². The number of carbonyl (C=O) groups excluding carboxylic acids is 1. The molecule has 0 unspecified atom stereocenters. The Morgan fingerprint density at radius 3 is 2.26 bits per heavy atom. The molecule has 1 aromatic heterocycles. The number of amides is 1. The van der Waals surface area contributed by atoms with Gasteiger partial charge in [-0.3, -0.25) is 4.79 Å². The van der Waals surface area contributed by atoms with Crippen LogP contribution in [0.5, 0.6) is 0 Å². The van der Waals surface area contributed by atoms with Crippen LogP contribution in [0.15, 0.2) is 59.6 Å². The van der Waals surface area contributed by atoms with Crippen molar-refractivity contribution in [3.63, 3.8) is 0 Å². The lowest BCUT2D eigenvalue weighted by Gasteiger charge is -2.15. The molecule has 0 aliphatic rings. The minimum Gasteiger partial charge on any atom is -0.346 e. The topological polar surface area (TPSA) is 68.2 Å². The molecule has 0 aliphatic carbocycles. The molecule has 0 spiro atoms. The van der Waals surface area contributed by atoms with Crippen molar-refractivity contribution in [3.8, 4) is 11.3 Å². The fourth-order valence-corrected chi connectivity index (χ4v) is 3.97. The lowest BCUT2D eigenvalue weighted by atomic mass is 10.00. The lowest BCUT2D eigenvalue weighted by molar-refractivity contribution is -0.137. The standard InChI is InChI=1S/C22H20F3N2O3S/c1-4-27-13-18(21(28)26-15-9-11-16(12-10-15)31(3,29)30)14(2)20(27)17-7-5-6-8-19(17)22(23,24)25/h5-13H,1,4H2,2-3H3,(H,26,28). The maximum atomic E-state index is 13.5. The molecule has 1 heterocycles. The van der Waals surface area contributed by atoms with Gasteiger partial charge in [0.05, 0.1) is 21.7 Å². The van der Waals surface area contributed by atoms with Gasteiger partial charge in [-0.25, -0.2) is 8.42 Å². The Balaban J connectivity index is 2.00. The van der Waals surface area contributed by atoms with E-state index in [2.05, 4.69) is 12.2 Å². The highest BCUT2D eigenvalue weighted by molar-refractivity contribution is 7.90. The van der Waals surface area contributed by atoms with Crippen LogP contribution < -0.4 is 5.32 Å². The van der Waals surface area contributed by atoms with Crippen molar-refractivity contribution >= 4 is 21.4 Å². The van der Waals surface area contributed by atoms with E-state index in [-0.39, 0.29) is 28.3 Å². The number of hydrogen-bond donors (Lipinski definition) is 1. The summed E-state index contributed by atoms with van der Waals surface area (Å²) in [5, 5.41) is 2.65. The molecule has 3 aromatic rings. The predicted molar refractivity (Wildman–Crippen MR) is 112 cm³/mol.